The monoisotopic (exact) mass is 412 g/mol. The normalized spacial score (nSPS) is 11.2. The minimum atomic E-state index is 0.398. The highest BCUT2D eigenvalue weighted by atomic mass is 15.3. The third-order valence-electron chi connectivity index (χ3n) is 4.81. The van der Waals surface area contributed by atoms with Crippen LogP contribution in [0.1, 0.15) is 11.5 Å². The third kappa shape index (κ3) is 3.54. The van der Waals surface area contributed by atoms with Crippen molar-refractivity contribution in [1.29, 1.82) is 0 Å². The Hall–Kier alpha value is -4.34. The number of aryl methyl sites for hydroxylation is 3. The Morgan fingerprint density at radius 2 is 1.81 bits per heavy atom. The van der Waals surface area contributed by atoms with E-state index in [4.69, 9.17) is 15.8 Å². The second-order valence-corrected chi connectivity index (χ2v) is 7.20. The maximum Gasteiger partial charge on any atom is 0.165 e. The Kier molecular flexibility index (Phi) is 4.32. The number of nitrogens with one attached hydrogen (secondary N) is 1. The molecule has 5 heterocycles. The summed E-state index contributed by atoms with van der Waals surface area (Å²) < 4.78 is 3.45. The molecule has 0 bridgehead atoms. The van der Waals surface area contributed by atoms with Gasteiger partial charge in [0.15, 0.2) is 17.3 Å². The Bertz CT molecular complexity index is 1390. The molecule has 154 valence electrons. The van der Waals surface area contributed by atoms with Crippen molar-refractivity contribution in [2.75, 3.05) is 11.1 Å². The van der Waals surface area contributed by atoms with E-state index < -0.39 is 0 Å². The molecule has 0 amide bonds. The van der Waals surface area contributed by atoms with E-state index >= 15 is 0 Å². The molecule has 10 heteroatoms. The van der Waals surface area contributed by atoms with Gasteiger partial charge in [0.1, 0.15) is 11.6 Å². The zero-order valence-electron chi connectivity index (χ0n) is 17.3. The predicted octanol–water partition coefficient (Wildman–Crippen LogP) is 2.92. The van der Waals surface area contributed by atoms with Crippen molar-refractivity contribution in [2.24, 2.45) is 7.05 Å². The molecule has 0 fully saturated rings. The van der Waals surface area contributed by atoms with E-state index in [9.17, 15) is 0 Å². The van der Waals surface area contributed by atoms with Crippen LogP contribution in [0, 0.1) is 13.8 Å². The molecule has 5 aromatic heterocycles. The van der Waals surface area contributed by atoms with E-state index in [0.29, 0.717) is 34.6 Å². The molecule has 0 radical (unpaired) electrons. The highest BCUT2D eigenvalue weighted by Gasteiger charge is 2.16. The van der Waals surface area contributed by atoms with Crippen LogP contribution in [-0.4, -0.2) is 39.3 Å². The minimum Gasteiger partial charge on any atom is -0.384 e. The number of aromatic nitrogens is 8. The number of fused-ring (bicyclic) bond motifs is 1. The number of hydrogen-bond acceptors (Lipinski definition) is 8. The molecule has 3 N–H and O–H groups in total. The summed E-state index contributed by atoms with van der Waals surface area (Å²) in [5.74, 6) is 2.29. The number of rotatable bonds is 4. The quantitative estimate of drug-likeness (QED) is 0.462. The fourth-order valence-corrected chi connectivity index (χ4v) is 3.45. The fraction of sp³-hybridized carbons (Fsp3) is 0.143. The van der Waals surface area contributed by atoms with Crippen LogP contribution in [0.3, 0.4) is 0 Å². The summed E-state index contributed by atoms with van der Waals surface area (Å²) >= 11 is 0. The molecule has 0 aliphatic carbocycles. The van der Waals surface area contributed by atoms with Gasteiger partial charge in [-0.3, -0.25) is 9.67 Å². The smallest absolute Gasteiger partial charge is 0.165 e. The number of hydrogen-bond donors (Lipinski definition) is 2. The van der Waals surface area contributed by atoms with Crippen LogP contribution in [0.15, 0.2) is 48.9 Å². The van der Waals surface area contributed by atoms with Crippen molar-refractivity contribution in [2.45, 2.75) is 13.8 Å². The zero-order valence-corrected chi connectivity index (χ0v) is 17.3. The number of pyridine rings is 1. The summed E-state index contributed by atoms with van der Waals surface area (Å²) in [5.41, 5.74) is 10.7. The number of nitrogens with zero attached hydrogens (tertiary/aromatic N) is 8. The first kappa shape index (κ1) is 18.7. The van der Waals surface area contributed by atoms with E-state index in [1.54, 1.807) is 21.5 Å². The first-order valence-electron chi connectivity index (χ1n) is 9.67. The Morgan fingerprint density at radius 3 is 2.55 bits per heavy atom. The lowest BCUT2D eigenvalue weighted by Crippen LogP contribution is -2.02. The molecular formula is C21H20N10. The standard InChI is InChI=1S/C21H20N10/c1-12-14(5-4-7-23-12)17-9-15(16-10-18(22)25-13(2)24-16)21-27-20(11-31(21)28-17)26-19-6-8-30(3)29-19/h4-11H,1-3H3,(H,26,29)(H2,22,24,25). The van der Waals surface area contributed by atoms with Crippen LogP contribution in [0.2, 0.25) is 0 Å². The molecule has 0 spiro atoms. The number of anilines is 3. The van der Waals surface area contributed by atoms with Crippen molar-refractivity contribution in [1.82, 2.24) is 39.3 Å². The van der Waals surface area contributed by atoms with Gasteiger partial charge in [0.2, 0.25) is 0 Å². The van der Waals surface area contributed by atoms with Gasteiger partial charge in [-0.2, -0.15) is 10.2 Å². The maximum atomic E-state index is 6.00. The number of nitrogens with two attached hydrogens (primary N) is 1. The average molecular weight is 412 g/mol. The van der Waals surface area contributed by atoms with E-state index in [2.05, 4.69) is 25.4 Å². The molecule has 0 unspecified atom stereocenters. The summed E-state index contributed by atoms with van der Waals surface area (Å²) in [6.07, 6.45) is 5.44. The molecule has 0 aromatic carbocycles. The lowest BCUT2D eigenvalue weighted by Gasteiger charge is -2.09. The van der Waals surface area contributed by atoms with Gasteiger partial charge in [-0.1, -0.05) is 0 Å². The molecule has 0 saturated carbocycles. The van der Waals surface area contributed by atoms with Gasteiger partial charge in [0, 0.05) is 48.4 Å². The van der Waals surface area contributed by atoms with E-state index in [1.807, 2.05) is 57.6 Å². The summed E-state index contributed by atoms with van der Waals surface area (Å²) in [5, 5.41) is 12.3. The summed E-state index contributed by atoms with van der Waals surface area (Å²) in [6, 6.07) is 9.45. The molecular weight excluding hydrogens is 392 g/mol. The van der Waals surface area contributed by atoms with Crippen LogP contribution in [0.4, 0.5) is 17.5 Å². The largest absolute Gasteiger partial charge is 0.384 e. The molecule has 10 nitrogen and oxygen atoms in total. The molecule has 31 heavy (non-hydrogen) atoms. The summed E-state index contributed by atoms with van der Waals surface area (Å²) in [7, 11) is 1.86. The lowest BCUT2D eigenvalue weighted by molar-refractivity contribution is 0.771. The van der Waals surface area contributed by atoms with Crippen LogP contribution in [0.5, 0.6) is 0 Å². The van der Waals surface area contributed by atoms with Crippen molar-refractivity contribution >= 4 is 23.1 Å². The Labute approximate surface area is 177 Å². The highest BCUT2D eigenvalue weighted by Crippen LogP contribution is 2.30. The van der Waals surface area contributed by atoms with Crippen molar-refractivity contribution in [3.63, 3.8) is 0 Å². The summed E-state index contributed by atoms with van der Waals surface area (Å²) in [4.78, 5) is 17.9. The molecule has 0 aliphatic heterocycles. The van der Waals surface area contributed by atoms with Crippen molar-refractivity contribution < 1.29 is 0 Å². The van der Waals surface area contributed by atoms with E-state index in [1.165, 1.54) is 0 Å². The highest BCUT2D eigenvalue weighted by molar-refractivity contribution is 5.81. The first-order chi connectivity index (χ1) is 15.0. The van der Waals surface area contributed by atoms with Crippen LogP contribution >= 0.6 is 0 Å². The maximum absolute atomic E-state index is 6.00. The predicted molar refractivity (Wildman–Crippen MR) is 118 cm³/mol. The molecule has 5 rings (SSSR count). The second kappa shape index (κ2) is 7.17. The molecule has 0 atom stereocenters. The van der Waals surface area contributed by atoms with Gasteiger partial charge >= 0.3 is 0 Å². The van der Waals surface area contributed by atoms with Gasteiger partial charge in [-0.15, -0.1) is 0 Å². The van der Waals surface area contributed by atoms with Gasteiger partial charge in [0.25, 0.3) is 0 Å². The lowest BCUT2D eigenvalue weighted by atomic mass is 10.1. The van der Waals surface area contributed by atoms with Gasteiger partial charge in [0.05, 0.1) is 17.6 Å². The van der Waals surface area contributed by atoms with Crippen LogP contribution < -0.4 is 11.1 Å². The second-order valence-electron chi connectivity index (χ2n) is 7.20. The molecule has 5 aromatic rings. The van der Waals surface area contributed by atoms with E-state index in [0.717, 1.165) is 22.5 Å². The van der Waals surface area contributed by atoms with Gasteiger partial charge < -0.3 is 11.1 Å². The number of nitrogen functional groups attached to an aromatic ring is 1. The fourth-order valence-electron chi connectivity index (χ4n) is 3.45. The Balaban J connectivity index is 1.72. The minimum absolute atomic E-state index is 0.398. The van der Waals surface area contributed by atoms with Gasteiger partial charge in [-0.25, -0.2) is 19.5 Å². The van der Waals surface area contributed by atoms with Crippen molar-refractivity contribution in [3.8, 4) is 22.5 Å². The molecule has 0 aliphatic rings. The van der Waals surface area contributed by atoms with Gasteiger partial charge in [-0.05, 0) is 32.0 Å². The summed E-state index contributed by atoms with van der Waals surface area (Å²) in [6.45, 7) is 3.76. The SMILES string of the molecule is Cc1nc(N)cc(-c2cc(-c3cccnc3C)nn3cc(Nc4ccn(C)n4)nc23)n1. The molecule has 0 saturated heterocycles. The zero-order chi connectivity index (χ0) is 21.5. The van der Waals surface area contributed by atoms with Crippen LogP contribution in [-0.2, 0) is 7.05 Å². The first-order valence-corrected chi connectivity index (χ1v) is 9.67. The van der Waals surface area contributed by atoms with Crippen LogP contribution in [0.25, 0.3) is 28.2 Å². The topological polar surface area (TPSA) is 125 Å². The average Bonchev–Trinajstić information content (AvgIpc) is 3.32. The third-order valence-corrected chi connectivity index (χ3v) is 4.81. The Morgan fingerprint density at radius 1 is 0.935 bits per heavy atom. The van der Waals surface area contributed by atoms with Crippen molar-refractivity contribution in [3.05, 3.63) is 60.4 Å². The number of imidazole rings is 1. The van der Waals surface area contributed by atoms with E-state index in [-0.39, 0.29) is 0 Å².